The van der Waals surface area contributed by atoms with Gasteiger partial charge in [0.1, 0.15) is 4.90 Å². The summed E-state index contributed by atoms with van der Waals surface area (Å²) in [6.45, 7) is 0.664. The van der Waals surface area contributed by atoms with Crippen LogP contribution in [0.5, 0.6) is 5.75 Å². The number of amides is 1. The van der Waals surface area contributed by atoms with Crippen molar-refractivity contribution in [3.05, 3.63) is 22.7 Å². The van der Waals surface area contributed by atoms with Crippen LogP contribution in [0.15, 0.2) is 17.0 Å². The Kier molecular flexibility index (Phi) is 8.86. The monoisotopic (exact) mass is 385 g/mol. The summed E-state index contributed by atoms with van der Waals surface area (Å²) in [6, 6.07) is 2.64. The molecule has 132 valence electrons. The fraction of sp³-hybridized carbons (Fsp3) is 0.462. The third kappa shape index (κ3) is 5.50. The molecule has 0 aliphatic rings. The number of benzene rings is 1. The Morgan fingerprint density at radius 2 is 1.91 bits per heavy atom. The lowest BCUT2D eigenvalue weighted by Crippen LogP contribution is -2.31. The molecule has 23 heavy (non-hydrogen) atoms. The molecule has 0 spiro atoms. The Morgan fingerprint density at radius 1 is 1.30 bits per heavy atom. The van der Waals surface area contributed by atoms with Crippen LogP contribution in [0.25, 0.3) is 0 Å². The molecule has 1 rings (SSSR count). The number of nitrogens with one attached hydrogen (secondary N) is 2. The van der Waals surface area contributed by atoms with Crippen LogP contribution in [0.4, 0.5) is 0 Å². The summed E-state index contributed by atoms with van der Waals surface area (Å²) < 4.78 is 32.3. The molecule has 0 saturated heterocycles. The first-order valence-corrected chi connectivity index (χ1v) is 8.34. The minimum Gasteiger partial charge on any atom is -0.494 e. The van der Waals surface area contributed by atoms with E-state index in [1.54, 1.807) is 21.1 Å². The predicted molar refractivity (Wildman–Crippen MR) is 92.4 cm³/mol. The summed E-state index contributed by atoms with van der Waals surface area (Å²) in [5.41, 5.74) is 0.0917. The first-order valence-electron chi connectivity index (χ1n) is 6.48. The maximum absolute atomic E-state index is 12.4. The molecular weight excluding hydrogens is 365 g/mol. The number of halogens is 2. The summed E-state index contributed by atoms with van der Waals surface area (Å²) >= 11 is 5.96. The highest BCUT2D eigenvalue weighted by atomic mass is 35.5. The number of likely N-dealkylation sites (N-methyl/N-ethyl adjacent to an activating group) is 1. The minimum absolute atomic E-state index is 0. The summed E-state index contributed by atoms with van der Waals surface area (Å²) in [5, 5.41) is 2.97. The van der Waals surface area contributed by atoms with E-state index >= 15 is 0 Å². The molecule has 1 aromatic rings. The smallest absolute Gasteiger partial charge is 0.257 e. The van der Waals surface area contributed by atoms with Crippen LogP contribution < -0.4 is 14.8 Å². The average Bonchev–Trinajstić information content (AvgIpc) is 2.45. The Morgan fingerprint density at radius 3 is 2.39 bits per heavy atom. The molecule has 1 aromatic carbocycles. The second-order valence-electron chi connectivity index (χ2n) is 4.69. The second kappa shape index (κ2) is 9.29. The quantitative estimate of drug-likeness (QED) is 0.682. The number of methoxy groups -OCH3 is 1. The normalized spacial score (nSPS) is 10.8. The highest BCUT2D eigenvalue weighted by Crippen LogP contribution is 2.32. The fourth-order valence-electron chi connectivity index (χ4n) is 1.77. The van der Waals surface area contributed by atoms with E-state index in [1.807, 2.05) is 0 Å². The standard InChI is InChI=1S/C13H20ClN3O4S.ClH/c1-15-5-6-16-22(19,20)11-8-9(14)7-10(12(11)21-4)13(18)17(2)3;/h7-8,15-16H,5-6H2,1-4H3;1H. The van der Waals surface area contributed by atoms with Crippen molar-refractivity contribution >= 4 is 39.9 Å². The van der Waals surface area contributed by atoms with Crippen molar-refractivity contribution in [2.45, 2.75) is 4.90 Å². The van der Waals surface area contributed by atoms with Gasteiger partial charge in [-0.3, -0.25) is 4.79 Å². The van der Waals surface area contributed by atoms with E-state index in [0.29, 0.717) is 6.54 Å². The highest BCUT2D eigenvalue weighted by molar-refractivity contribution is 7.89. The van der Waals surface area contributed by atoms with E-state index in [0.717, 1.165) is 0 Å². The number of rotatable bonds is 7. The number of ether oxygens (including phenoxy) is 1. The molecule has 0 bridgehead atoms. The predicted octanol–water partition coefficient (Wildman–Crippen LogP) is 0.970. The molecule has 2 N–H and O–H groups in total. The molecule has 0 atom stereocenters. The van der Waals surface area contributed by atoms with Crippen LogP contribution in [-0.4, -0.2) is 60.6 Å². The van der Waals surface area contributed by atoms with E-state index in [1.165, 1.54) is 24.1 Å². The summed E-state index contributed by atoms with van der Waals surface area (Å²) in [7, 11) is 2.28. The fourth-order valence-corrected chi connectivity index (χ4v) is 3.30. The lowest BCUT2D eigenvalue weighted by Gasteiger charge is -2.17. The van der Waals surface area contributed by atoms with E-state index in [2.05, 4.69) is 10.0 Å². The van der Waals surface area contributed by atoms with Gasteiger partial charge in [0, 0.05) is 32.2 Å². The number of hydrogen-bond acceptors (Lipinski definition) is 5. The van der Waals surface area contributed by atoms with Gasteiger partial charge in [-0.2, -0.15) is 0 Å². The van der Waals surface area contributed by atoms with Crippen molar-refractivity contribution in [1.29, 1.82) is 0 Å². The van der Waals surface area contributed by atoms with Gasteiger partial charge < -0.3 is 15.0 Å². The van der Waals surface area contributed by atoms with Gasteiger partial charge in [-0.1, -0.05) is 11.6 Å². The van der Waals surface area contributed by atoms with Gasteiger partial charge in [-0.05, 0) is 19.2 Å². The minimum atomic E-state index is -3.85. The third-order valence-electron chi connectivity index (χ3n) is 2.82. The molecule has 10 heteroatoms. The molecule has 0 unspecified atom stereocenters. The van der Waals surface area contributed by atoms with Gasteiger partial charge in [0.2, 0.25) is 10.0 Å². The van der Waals surface area contributed by atoms with Gasteiger partial charge in [0.25, 0.3) is 5.91 Å². The maximum atomic E-state index is 12.4. The lowest BCUT2D eigenvalue weighted by molar-refractivity contribution is 0.0824. The van der Waals surface area contributed by atoms with Gasteiger partial charge in [-0.15, -0.1) is 12.4 Å². The van der Waals surface area contributed by atoms with Crippen molar-refractivity contribution in [2.24, 2.45) is 0 Å². The topological polar surface area (TPSA) is 87.7 Å². The molecule has 0 aliphatic carbocycles. The Bertz CT molecular complexity index is 651. The van der Waals surface area contributed by atoms with Crippen molar-refractivity contribution < 1.29 is 17.9 Å². The van der Waals surface area contributed by atoms with Crippen molar-refractivity contribution in [3.8, 4) is 5.75 Å². The Hall–Kier alpha value is -1.06. The third-order valence-corrected chi connectivity index (χ3v) is 4.50. The molecule has 0 saturated carbocycles. The summed E-state index contributed by atoms with van der Waals surface area (Å²) in [6.07, 6.45) is 0. The molecule has 0 aromatic heterocycles. The number of carbonyl (C=O) groups excluding carboxylic acids is 1. The first-order chi connectivity index (χ1) is 10.2. The zero-order chi connectivity index (χ0) is 16.9. The van der Waals surface area contributed by atoms with Crippen LogP contribution in [-0.2, 0) is 10.0 Å². The van der Waals surface area contributed by atoms with Crippen molar-refractivity contribution in [3.63, 3.8) is 0 Å². The average molecular weight is 386 g/mol. The largest absolute Gasteiger partial charge is 0.494 e. The highest BCUT2D eigenvalue weighted by Gasteiger charge is 2.26. The van der Waals surface area contributed by atoms with Crippen LogP contribution in [0.2, 0.25) is 5.02 Å². The summed E-state index contributed by atoms with van der Waals surface area (Å²) in [5.74, 6) is -0.425. The number of carbonyl (C=O) groups is 1. The number of nitrogens with zero attached hydrogens (tertiary/aromatic N) is 1. The van der Waals surface area contributed by atoms with Gasteiger partial charge >= 0.3 is 0 Å². The van der Waals surface area contributed by atoms with E-state index in [4.69, 9.17) is 16.3 Å². The first kappa shape index (κ1) is 21.9. The van der Waals surface area contributed by atoms with Gasteiger partial charge in [0.15, 0.2) is 5.75 Å². The van der Waals surface area contributed by atoms with E-state index < -0.39 is 15.9 Å². The zero-order valence-electron chi connectivity index (χ0n) is 13.3. The van der Waals surface area contributed by atoms with Crippen LogP contribution in [0.1, 0.15) is 10.4 Å². The van der Waals surface area contributed by atoms with Crippen molar-refractivity contribution in [2.75, 3.05) is 41.3 Å². The zero-order valence-corrected chi connectivity index (χ0v) is 15.7. The molecule has 0 heterocycles. The van der Waals surface area contributed by atoms with Crippen LogP contribution in [0, 0.1) is 0 Å². The molecule has 1 amide bonds. The summed E-state index contributed by atoms with van der Waals surface area (Å²) in [4.78, 5) is 13.3. The second-order valence-corrected chi connectivity index (χ2v) is 6.86. The Balaban J connectivity index is 0.00000484. The number of sulfonamides is 1. The van der Waals surface area contributed by atoms with Gasteiger partial charge in [0.05, 0.1) is 12.7 Å². The maximum Gasteiger partial charge on any atom is 0.257 e. The van der Waals surface area contributed by atoms with Crippen LogP contribution in [0.3, 0.4) is 0 Å². The molecule has 0 aliphatic heterocycles. The van der Waals surface area contributed by atoms with Crippen molar-refractivity contribution in [1.82, 2.24) is 14.9 Å². The van der Waals surface area contributed by atoms with Gasteiger partial charge in [-0.25, -0.2) is 13.1 Å². The van der Waals surface area contributed by atoms with E-state index in [-0.39, 0.29) is 40.2 Å². The Labute approximate surface area is 147 Å². The SMILES string of the molecule is CNCCNS(=O)(=O)c1cc(Cl)cc(C(=O)N(C)C)c1OC.Cl. The van der Waals surface area contributed by atoms with E-state index in [9.17, 15) is 13.2 Å². The molecule has 0 radical (unpaired) electrons. The molecule has 7 nitrogen and oxygen atoms in total. The molecule has 0 fully saturated rings. The number of hydrogen-bond donors (Lipinski definition) is 2. The lowest BCUT2D eigenvalue weighted by atomic mass is 10.2. The molecular formula is C13H21Cl2N3O4S. The van der Waals surface area contributed by atoms with Crippen LogP contribution >= 0.6 is 24.0 Å².